The van der Waals surface area contributed by atoms with Crippen molar-refractivity contribution in [1.82, 2.24) is 0 Å². The first-order chi connectivity index (χ1) is 13.1. The minimum Gasteiger partial charge on any atom is -0.488 e. The van der Waals surface area contributed by atoms with E-state index in [-0.39, 0.29) is 5.57 Å². The van der Waals surface area contributed by atoms with E-state index in [1.807, 2.05) is 30.3 Å². The molecule has 3 aromatic carbocycles. The van der Waals surface area contributed by atoms with Gasteiger partial charge >= 0.3 is 0 Å². The highest BCUT2D eigenvalue weighted by molar-refractivity contribution is 14.1. The first-order valence-corrected chi connectivity index (χ1v) is 9.49. The smallest absolute Gasteiger partial charge is 0.133 e. The highest BCUT2D eigenvalue weighted by Crippen LogP contribution is 2.26. The van der Waals surface area contributed by atoms with E-state index in [1.54, 1.807) is 24.3 Å². The summed E-state index contributed by atoms with van der Waals surface area (Å²) in [6.07, 6.45) is 1.68. The van der Waals surface area contributed by atoms with E-state index < -0.39 is 5.82 Å². The van der Waals surface area contributed by atoms with Crippen LogP contribution in [0.1, 0.15) is 22.3 Å². The second kappa shape index (κ2) is 8.83. The third kappa shape index (κ3) is 4.95. The van der Waals surface area contributed by atoms with Crippen LogP contribution in [0.4, 0.5) is 4.39 Å². The molecule has 0 saturated heterocycles. The van der Waals surface area contributed by atoms with E-state index in [9.17, 15) is 9.65 Å². The monoisotopic (exact) mass is 469 g/mol. The lowest BCUT2D eigenvalue weighted by Crippen LogP contribution is -1.97. The highest BCUT2D eigenvalue weighted by Gasteiger charge is 2.08. The van der Waals surface area contributed by atoms with E-state index in [4.69, 9.17) is 4.74 Å². The van der Waals surface area contributed by atoms with Crippen molar-refractivity contribution < 1.29 is 9.13 Å². The summed E-state index contributed by atoms with van der Waals surface area (Å²) >= 11 is 2.20. The van der Waals surface area contributed by atoms with Gasteiger partial charge in [-0.05, 0) is 64.9 Å². The maximum absolute atomic E-state index is 13.9. The van der Waals surface area contributed by atoms with Gasteiger partial charge in [0.25, 0.3) is 0 Å². The standard InChI is InChI=1S/C23H17FINO/c1-16-6-8-17(9-7-16)15-27-23-11-10-18(13-22(23)25)12-19(14-26)20-4-2-3-5-21(20)24/h2-13H,15H2,1H3/b19-12-. The molecule has 0 heterocycles. The highest BCUT2D eigenvalue weighted by atomic mass is 127. The van der Waals surface area contributed by atoms with Crippen molar-refractivity contribution in [2.75, 3.05) is 0 Å². The van der Waals surface area contributed by atoms with Gasteiger partial charge in [0.1, 0.15) is 18.2 Å². The Morgan fingerprint density at radius 3 is 2.52 bits per heavy atom. The summed E-state index contributed by atoms with van der Waals surface area (Å²) < 4.78 is 20.8. The fourth-order valence-corrected chi connectivity index (χ4v) is 3.28. The van der Waals surface area contributed by atoms with Gasteiger partial charge in [-0.25, -0.2) is 4.39 Å². The molecule has 0 bridgehead atoms. The number of ether oxygens (including phenoxy) is 1. The van der Waals surface area contributed by atoms with Crippen LogP contribution in [0.15, 0.2) is 66.7 Å². The molecule has 0 radical (unpaired) electrons. The number of hydrogen-bond acceptors (Lipinski definition) is 2. The summed E-state index contributed by atoms with van der Waals surface area (Å²) in [4.78, 5) is 0. The molecule has 27 heavy (non-hydrogen) atoms. The second-order valence-corrected chi connectivity index (χ2v) is 7.28. The molecule has 0 fully saturated rings. The van der Waals surface area contributed by atoms with Gasteiger partial charge in [0.15, 0.2) is 0 Å². The number of allylic oxidation sites excluding steroid dienone is 1. The molecule has 0 spiro atoms. The fourth-order valence-electron chi connectivity index (χ4n) is 2.59. The number of halogens is 2. The van der Waals surface area contributed by atoms with Gasteiger partial charge in [-0.3, -0.25) is 0 Å². The predicted molar refractivity (Wildman–Crippen MR) is 115 cm³/mol. The molecular formula is C23H17FINO. The van der Waals surface area contributed by atoms with Gasteiger partial charge < -0.3 is 4.74 Å². The third-order valence-electron chi connectivity index (χ3n) is 4.07. The lowest BCUT2D eigenvalue weighted by atomic mass is 10.0. The minimum absolute atomic E-state index is 0.289. The normalized spacial score (nSPS) is 11.1. The Morgan fingerprint density at radius 1 is 1.11 bits per heavy atom. The minimum atomic E-state index is -0.405. The number of benzene rings is 3. The SMILES string of the molecule is Cc1ccc(COc2ccc(/C=C(/C#N)c3ccccc3F)cc2I)cc1. The molecule has 0 saturated carbocycles. The zero-order valence-electron chi connectivity index (χ0n) is 14.7. The Hall–Kier alpha value is -2.65. The van der Waals surface area contributed by atoms with Crippen molar-refractivity contribution in [2.45, 2.75) is 13.5 Å². The van der Waals surface area contributed by atoms with E-state index in [1.165, 1.54) is 11.6 Å². The molecule has 134 valence electrons. The predicted octanol–water partition coefficient (Wildman–Crippen LogP) is 6.38. The van der Waals surface area contributed by atoms with E-state index in [0.29, 0.717) is 12.2 Å². The Balaban J connectivity index is 1.78. The van der Waals surface area contributed by atoms with Crippen molar-refractivity contribution in [2.24, 2.45) is 0 Å². The lowest BCUT2D eigenvalue weighted by Gasteiger charge is -2.09. The van der Waals surface area contributed by atoms with Gasteiger partial charge in [0, 0.05) is 5.56 Å². The Labute approximate surface area is 172 Å². The number of rotatable bonds is 5. The van der Waals surface area contributed by atoms with E-state index in [0.717, 1.165) is 20.4 Å². The molecule has 0 aliphatic carbocycles. The molecule has 0 aliphatic heterocycles. The van der Waals surface area contributed by atoms with Crippen molar-refractivity contribution >= 4 is 34.2 Å². The largest absolute Gasteiger partial charge is 0.488 e. The number of aryl methyl sites for hydroxylation is 1. The van der Waals surface area contributed by atoms with Crippen LogP contribution >= 0.6 is 22.6 Å². The summed E-state index contributed by atoms with van der Waals surface area (Å²) in [6, 6.07) is 22.2. The van der Waals surface area contributed by atoms with Gasteiger partial charge in [-0.2, -0.15) is 5.26 Å². The van der Waals surface area contributed by atoms with Crippen molar-refractivity contribution in [3.8, 4) is 11.8 Å². The average Bonchev–Trinajstić information content (AvgIpc) is 2.67. The Bertz CT molecular complexity index is 1020. The molecule has 3 rings (SSSR count). The lowest BCUT2D eigenvalue weighted by molar-refractivity contribution is 0.304. The zero-order valence-corrected chi connectivity index (χ0v) is 16.9. The van der Waals surface area contributed by atoms with Crippen LogP contribution < -0.4 is 4.74 Å². The molecule has 3 aromatic rings. The van der Waals surface area contributed by atoms with Crippen LogP contribution in [0.3, 0.4) is 0 Å². The maximum atomic E-state index is 13.9. The zero-order chi connectivity index (χ0) is 19.2. The summed E-state index contributed by atoms with van der Waals surface area (Å²) in [5.41, 5.74) is 3.73. The molecular weight excluding hydrogens is 452 g/mol. The summed E-state index contributed by atoms with van der Waals surface area (Å²) in [5, 5.41) is 9.41. The quantitative estimate of drug-likeness (QED) is 0.247. The first-order valence-electron chi connectivity index (χ1n) is 8.41. The molecule has 0 N–H and O–H groups in total. The molecule has 0 amide bonds. The van der Waals surface area contributed by atoms with Crippen LogP contribution in [0.25, 0.3) is 11.6 Å². The second-order valence-electron chi connectivity index (χ2n) is 6.11. The number of hydrogen-bond donors (Lipinski definition) is 0. The van der Waals surface area contributed by atoms with Gasteiger partial charge in [0.2, 0.25) is 0 Å². The molecule has 0 aliphatic rings. The van der Waals surface area contributed by atoms with Crippen LogP contribution in [0, 0.1) is 27.6 Å². The van der Waals surface area contributed by atoms with Crippen molar-refractivity contribution in [3.63, 3.8) is 0 Å². The van der Waals surface area contributed by atoms with Gasteiger partial charge in [-0.1, -0.05) is 54.1 Å². The summed E-state index contributed by atoms with van der Waals surface area (Å²) in [7, 11) is 0. The summed E-state index contributed by atoms with van der Waals surface area (Å²) in [5.74, 6) is 0.371. The average molecular weight is 469 g/mol. The van der Waals surface area contributed by atoms with Crippen LogP contribution in [0.2, 0.25) is 0 Å². The molecule has 2 nitrogen and oxygen atoms in total. The third-order valence-corrected chi connectivity index (χ3v) is 4.91. The molecule has 0 unspecified atom stereocenters. The molecule has 4 heteroatoms. The topological polar surface area (TPSA) is 33.0 Å². The van der Waals surface area contributed by atoms with Gasteiger partial charge in [0.05, 0.1) is 15.2 Å². The Morgan fingerprint density at radius 2 is 1.85 bits per heavy atom. The maximum Gasteiger partial charge on any atom is 0.133 e. The fraction of sp³-hybridized carbons (Fsp3) is 0.0870. The number of nitriles is 1. The van der Waals surface area contributed by atoms with Crippen LogP contribution in [-0.2, 0) is 6.61 Å². The summed E-state index contributed by atoms with van der Waals surface area (Å²) in [6.45, 7) is 2.54. The van der Waals surface area contributed by atoms with E-state index >= 15 is 0 Å². The molecule has 0 atom stereocenters. The molecule has 0 aromatic heterocycles. The van der Waals surface area contributed by atoms with E-state index in [2.05, 4.69) is 47.7 Å². The number of nitrogens with zero attached hydrogens (tertiary/aromatic N) is 1. The van der Waals surface area contributed by atoms with Crippen molar-refractivity contribution in [1.29, 1.82) is 5.26 Å². The van der Waals surface area contributed by atoms with Crippen molar-refractivity contribution in [3.05, 3.63) is 98.4 Å². The van der Waals surface area contributed by atoms with Crippen LogP contribution in [-0.4, -0.2) is 0 Å². The van der Waals surface area contributed by atoms with Gasteiger partial charge in [-0.15, -0.1) is 0 Å². The first kappa shape index (κ1) is 19.1. The Kier molecular flexibility index (Phi) is 6.25. The van der Waals surface area contributed by atoms with Crippen LogP contribution in [0.5, 0.6) is 5.75 Å².